The SMILES string of the molecule is COC(=O)C1=C(c2ccc(Oc3ccc(C(F)(F)F)cc3Cl)cc2)OCC(C)C1=O. The number of alkyl halides is 3. The molecular weight excluding hydrogens is 425 g/mol. The molecule has 9 heteroatoms. The topological polar surface area (TPSA) is 61.8 Å². The number of ether oxygens (including phenoxy) is 3. The fraction of sp³-hybridized carbons (Fsp3) is 0.238. The van der Waals surface area contributed by atoms with Crippen LogP contribution in [0.25, 0.3) is 5.76 Å². The fourth-order valence-corrected chi connectivity index (χ4v) is 3.02. The lowest BCUT2D eigenvalue weighted by Gasteiger charge is -2.23. The normalized spacial score (nSPS) is 16.9. The monoisotopic (exact) mass is 440 g/mol. The van der Waals surface area contributed by atoms with E-state index in [-0.39, 0.29) is 40.2 Å². The zero-order valence-electron chi connectivity index (χ0n) is 15.9. The van der Waals surface area contributed by atoms with Crippen LogP contribution < -0.4 is 4.74 Å². The van der Waals surface area contributed by atoms with Crippen molar-refractivity contribution in [3.63, 3.8) is 0 Å². The lowest BCUT2D eigenvalue weighted by molar-refractivity contribution is -0.139. The van der Waals surface area contributed by atoms with Crippen LogP contribution in [0.5, 0.6) is 11.5 Å². The van der Waals surface area contributed by atoms with Crippen molar-refractivity contribution in [3.8, 4) is 11.5 Å². The number of carbonyl (C=O) groups is 2. The van der Waals surface area contributed by atoms with Crippen LogP contribution in [0.4, 0.5) is 13.2 Å². The van der Waals surface area contributed by atoms with Crippen molar-refractivity contribution in [2.75, 3.05) is 13.7 Å². The maximum atomic E-state index is 12.7. The summed E-state index contributed by atoms with van der Waals surface area (Å²) in [6.45, 7) is 1.76. The first kappa shape index (κ1) is 21.7. The minimum Gasteiger partial charge on any atom is -0.491 e. The molecule has 158 valence electrons. The van der Waals surface area contributed by atoms with Gasteiger partial charge in [0, 0.05) is 5.56 Å². The van der Waals surface area contributed by atoms with E-state index in [1.165, 1.54) is 19.2 Å². The van der Waals surface area contributed by atoms with Crippen LogP contribution in [-0.4, -0.2) is 25.5 Å². The molecule has 0 N–H and O–H groups in total. The summed E-state index contributed by atoms with van der Waals surface area (Å²) >= 11 is 5.90. The summed E-state index contributed by atoms with van der Waals surface area (Å²) in [6, 6.07) is 8.90. The van der Waals surface area contributed by atoms with Crippen molar-refractivity contribution in [1.82, 2.24) is 0 Å². The lowest BCUT2D eigenvalue weighted by Crippen LogP contribution is -2.30. The van der Waals surface area contributed by atoms with E-state index >= 15 is 0 Å². The lowest BCUT2D eigenvalue weighted by atomic mass is 9.94. The quantitative estimate of drug-likeness (QED) is 0.478. The van der Waals surface area contributed by atoms with Crippen LogP contribution in [-0.2, 0) is 25.2 Å². The average Bonchev–Trinajstić information content (AvgIpc) is 2.70. The van der Waals surface area contributed by atoms with Crippen molar-refractivity contribution in [1.29, 1.82) is 0 Å². The Kier molecular flexibility index (Phi) is 6.07. The number of Topliss-reactive ketones (excluding diaryl/α,β-unsaturated/α-hetero) is 1. The van der Waals surface area contributed by atoms with Gasteiger partial charge < -0.3 is 14.2 Å². The molecule has 0 spiro atoms. The Morgan fingerprint density at radius 3 is 2.40 bits per heavy atom. The van der Waals surface area contributed by atoms with Gasteiger partial charge in [-0.1, -0.05) is 18.5 Å². The van der Waals surface area contributed by atoms with Gasteiger partial charge >= 0.3 is 12.1 Å². The van der Waals surface area contributed by atoms with Crippen molar-refractivity contribution in [2.24, 2.45) is 5.92 Å². The van der Waals surface area contributed by atoms with E-state index in [1.54, 1.807) is 19.1 Å². The molecule has 1 unspecified atom stereocenters. The molecule has 0 saturated carbocycles. The third-order valence-corrected chi connectivity index (χ3v) is 4.69. The average molecular weight is 441 g/mol. The standard InChI is InChI=1S/C21H16ClF3O5/c1-11-10-29-19(17(18(11)26)20(27)28-2)12-3-6-14(7-4-12)30-16-8-5-13(9-15(16)22)21(23,24)25/h3-9,11H,10H2,1-2H3. The number of carbonyl (C=O) groups excluding carboxylic acids is 2. The number of ketones is 1. The predicted molar refractivity (Wildman–Crippen MR) is 102 cm³/mol. The molecule has 5 nitrogen and oxygen atoms in total. The van der Waals surface area contributed by atoms with E-state index in [0.29, 0.717) is 5.56 Å². The van der Waals surface area contributed by atoms with Crippen LogP contribution >= 0.6 is 11.6 Å². The van der Waals surface area contributed by atoms with Crippen LogP contribution in [0.3, 0.4) is 0 Å². The van der Waals surface area contributed by atoms with Crippen LogP contribution in [0.2, 0.25) is 5.02 Å². The molecule has 0 saturated heterocycles. The molecule has 1 aliphatic rings. The summed E-state index contributed by atoms with van der Waals surface area (Å²) in [4.78, 5) is 24.4. The smallest absolute Gasteiger partial charge is 0.416 e. The van der Waals surface area contributed by atoms with Crippen LogP contribution in [0.15, 0.2) is 48.0 Å². The highest BCUT2D eigenvalue weighted by Crippen LogP contribution is 2.37. The summed E-state index contributed by atoms with van der Waals surface area (Å²) in [5.74, 6) is -1.21. The molecule has 30 heavy (non-hydrogen) atoms. The highest BCUT2D eigenvalue weighted by molar-refractivity contribution is 6.32. The molecule has 3 rings (SSSR count). The predicted octanol–water partition coefficient (Wildman–Crippen LogP) is 5.27. The summed E-state index contributed by atoms with van der Waals surface area (Å²) in [6.07, 6.45) is -4.51. The number of methoxy groups -OCH3 is 1. The highest BCUT2D eigenvalue weighted by atomic mass is 35.5. The number of benzene rings is 2. The van der Waals surface area contributed by atoms with Gasteiger partial charge in [0.15, 0.2) is 5.78 Å². The zero-order chi connectivity index (χ0) is 22.1. The van der Waals surface area contributed by atoms with Crippen molar-refractivity contribution < 1.29 is 37.0 Å². The second-order valence-electron chi connectivity index (χ2n) is 6.54. The Balaban J connectivity index is 1.87. The van der Waals surface area contributed by atoms with Gasteiger partial charge in [0.1, 0.15) is 22.8 Å². The van der Waals surface area contributed by atoms with E-state index in [2.05, 4.69) is 0 Å². The third kappa shape index (κ3) is 4.43. The summed E-state index contributed by atoms with van der Waals surface area (Å²) < 4.78 is 54.0. The van der Waals surface area contributed by atoms with Gasteiger partial charge in [-0.2, -0.15) is 13.2 Å². The van der Waals surface area contributed by atoms with Crippen molar-refractivity contribution >= 4 is 29.1 Å². The summed E-state index contributed by atoms with van der Waals surface area (Å²) in [5.41, 5.74) is -0.608. The highest BCUT2D eigenvalue weighted by Gasteiger charge is 2.34. The van der Waals surface area contributed by atoms with Gasteiger partial charge in [-0.15, -0.1) is 0 Å². The maximum absolute atomic E-state index is 12.7. The molecule has 0 fully saturated rings. The minimum atomic E-state index is -4.51. The van der Waals surface area contributed by atoms with Gasteiger partial charge in [-0.25, -0.2) is 4.79 Å². The van der Waals surface area contributed by atoms with Crippen LogP contribution in [0, 0.1) is 5.92 Å². The molecule has 0 radical (unpaired) electrons. The Labute approximate surface area is 175 Å². The molecule has 0 aromatic heterocycles. The number of hydrogen-bond acceptors (Lipinski definition) is 5. The second-order valence-corrected chi connectivity index (χ2v) is 6.95. The second kappa shape index (κ2) is 8.39. The van der Waals surface area contributed by atoms with E-state index in [9.17, 15) is 22.8 Å². The molecular formula is C21H16ClF3O5. The van der Waals surface area contributed by atoms with Crippen molar-refractivity contribution in [3.05, 3.63) is 64.2 Å². The molecule has 2 aromatic carbocycles. The molecule has 1 heterocycles. The molecule has 0 aliphatic carbocycles. The van der Waals surface area contributed by atoms with Crippen LogP contribution in [0.1, 0.15) is 18.1 Å². The Hall–Kier alpha value is -3.00. The fourth-order valence-electron chi connectivity index (χ4n) is 2.80. The summed E-state index contributed by atoms with van der Waals surface area (Å²) in [5, 5.41) is -0.195. The van der Waals surface area contributed by atoms with E-state index in [4.69, 9.17) is 25.8 Å². The van der Waals surface area contributed by atoms with Gasteiger partial charge in [0.2, 0.25) is 0 Å². The number of halogens is 4. The van der Waals surface area contributed by atoms with E-state index in [0.717, 1.165) is 18.2 Å². The number of rotatable bonds is 4. The zero-order valence-corrected chi connectivity index (χ0v) is 16.6. The molecule has 1 atom stereocenters. The number of hydrogen-bond donors (Lipinski definition) is 0. The van der Waals surface area contributed by atoms with Gasteiger partial charge in [0.05, 0.1) is 30.2 Å². The first-order chi connectivity index (χ1) is 14.1. The van der Waals surface area contributed by atoms with Gasteiger partial charge in [-0.3, -0.25) is 4.79 Å². The van der Waals surface area contributed by atoms with Gasteiger partial charge in [0.25, 0.3) is 0 Å². The molecule has 0 bridgehead atoms. The molecule has 2 aromatic rings. The molecule has 0 amide bonds. The first-order valence-corrected chi connectivity index (χ1v) is 9.14. The van der Waals surface area contributed by atoms with Crippen molar-refractivity contribution in [2.45, 2.75) is 13.1 Å². The summed E-state index contributed by atoms with van der Waals surface area (Å²) in [7, 11) is 1.17. The Bertz CT molecular complexity index is 1010. The first-order valence-electron chi connectivity index (χ1n) is 8.76. The Morgan fingerprint density at radius 1 is 1.17 bits per heavy atom. The number of esters is 1. The molecule has 1 aliphatic heterocycles. The Morgan fingerprint density at radius 2 is 1.83 bits per heavy atom. The minimum absolute atomic E-state index is 0.0461. The third-order valence-electron chi connectivity index (χ3n) is 4.39. The largest absolute Gasteiger partial charge is 0.491 e. The van der Waals surface area contributed by atoms with E-state index in [1.807, 2.05) is 0 Å². The maximum Gasteiger partial charge on any atom is 0.416 e. The van der Waals surface area contributed by atoms with Gasteiger partial charge in [-0.05, 0) is 42.5 Å². The van der Waals surface area contributed by atoms with E-state index < -0.39 is 23.6 Å².